The molecule has 2 aromatic rings. The summed E-state index contributed by atoms with van der Waals surface area (Å²) in [6.07, 6.45) is -0.642. The third-order valence-corrected chi connectivity index (χ3v) is 3.15. The molecular formula is C17H20FNO2. The van der Waals surface area contributed by atoms with Crippen LogP contribution in [0, 0.1) is 12.7 Å². The monoisotopic (exact) mass is 289 g/mol. The molecule has 4 heteroatoms. The third kappa shape index (κ3) is 5.17. The largest absolute Gasteiger partial charge is 0.389 e. The molecule has 0 fully saturated rings. The summed E-state index contributed by atoms with van der Waals surface area (Å²) >= 11 is 0. The molecule has 0 bridgehead atoms. The molecule has 0 aromatic heterocycles. The summed E-state index contributed by atoms with van der Waals surface area (Å²) < 4.78 is 18.6. The predicted molar refractivity (Wildman–Crippen MR) is 81.7 cm³/mol. The molecule has 0 saturated heterocycles. The number of hydrogen-bond donors (Lipinski definition) is 2. The Bertz CT molecular complexity index is 560. The second kappa shape index (κ2) is 7.76. The zero-order valence-corrected chi connectivity index (χ0v) is 12.1. The van der Waals surface area contributed by atoms with Crippen molar-refractivity contribution in [3.8, 4) is 0 Å². The summed E-state index contributed by atoms with van der Waals surface area (Å²) in [5.41, 5.74) is 2.70. The van der Waals surface area contributed by atoms with Crippen molar-refractivity contribution in [2.45, 2.75) is 19.6 Å². The van der Waals surface area contributed by atoms with E-state index in [1.165, 1.54) is 12.1 Å². The number of benzene rings is 2. The fraction of sp³-hybridized carbons (Fsp3) is 0.294. The Kier molecular flexibility index (Phi) is 5.72. The molecule has 2 aromatic carbocycles. The van der Waals surface area contributed by atoms with Crippen LogP contribution in [0.25, 0.3) is 0 Å². The number of anilines is 1. The number of hydrogen-bond acceptors (Lipinski definition) is 3. The van der Waals surface area contributed by atoms with Crippen LogP contribution in [0.5, 0.6) is 0 Å². The van der Waals surface area contributed by atoms with Gasteiger partial charge in [-0.2, -0.15) is 0 Å². The summed E-state index contributed by atoms with van der Waals surface area (Å²) in [6, 6.07) is 14.3. The highest BCUT2D eigenvalue weighted by Gasteiger charge is 2.06. The van der Waals surface area contributed by atoms with Gasteiger partial charge in [-0.1, -0.05) is 36.4 Å². The van der Waals surface area contributed by atoms with E-state index in [4.69, 9.17) is 4.74 Å². The van der Waals surface area contributed by atoms with Crippen molar-refractivity contribution in [2.24, 2.45) is 0 Å². The topological polar surface area (TPSA) is 41.5 Å². The molecule has 2 N–H and O–H groups in total. The first-order valence-corrected chi connectivity index (χ1v) is 6.95. The molecule has 0 aliphatic rings. The molecule has 0 radical (unpaired) electrons. The highest BCUT2D eigenvalue weighted by Crippen LogP contribution is 2.15. The maximum Gasteiger partial charge on any atom is 0.125 e. The zero-order valence-electron chi connectivity index (χ0n) is 12.1. The number of aliphatic hydroxyl groups excluding tert-OH is 1. The minimum atomic E-state index is -0.642. The maximum atomic E-state index is 13.1. The molecule has 112 valence electrons. The van der Waals surface area contributed by atoms with Gasteiger partial charge in [0.05, 0.1) is 19.3 Å². The Balaban J connectivity index is 1.72. The standard InChI is InChI=1S/C17H20FNO2/c1-13-7-8-15(18)9-17(13)19-10-16(20)12-21-11-14-5-3-2-4-6-14/h2-9,16,19-20H,10-12H2,1H3. The molecule has 0 aliphatic carbocycles. The highest BCUT2D eigenvalue weighted by molar-refractivity contribution is 5.50. The number of aryl methyl sites for hydroxylation is 1. The van der Waals surface area contributed by atoms with Crippen LogP contribution in [0.4, 0.5) is 10.1 Å². The molecule has 1 unspecified atom stereocenters. The van der Waals surface area contributed by atoms with E-state index in [-0.39, 0.29) is 12.4 Å². The summed E-state index contributed by atoms with van der Waals surface area (Å²) in [5, 5.41) is 12.9. The highest BCUT2D eigenvalue weighted by atomic mass is 19.1. The first kappa shape index (κ1) is 15.5. The summed E-state index contributed by atoms with van der Waals surface area (Å²) in [7, 11) is 0. The van der Waals surface area contributed by atoms with Gasteiger partial charge in [0.1, 0.15) is 5.82 Å². The quantitative estimate of drug-likeness (QED) is 0.823. The zero-order chi connectivity index (χ0) is 15.1. The van der Waals surface area contributed by atoms with Gasteiger partial charge in [-0.25, -0.2) is 4.39 Å². The van der Waals surface area contributed by atoms with E-state index in [2.05, 4.69) is 5.32 Å². The molecule has 0 aliphatic heterocycles. The Morgan fingerprint density at radius 2 is 1.95 bits per heavy atom. The van der Waals surface area contributed by atoms with E-state index in [1.807, 2.05) is 37.3 Å². The van der Waals surface area contributed by atoms with Crippen molar-refractivity contribution in [1.82, 2.24) is 0 Å². The van der Waals surface area contributed by atoms with Gasteiger partial charge in [-0.05, 0) is 30.2 Å². The van der Waals surface area contributed by atoms with Gasteiger partial charge >= 0.3 is 0 Å². The van der Waals surface area contributed by atoms with E-state index in [0.717, 1.165) is 11.1 Å². The van der Waals surface area contributed by atoms with Crippen molar-refractivity contribution >= 4 is 5.69 Å². The summed E-state index contributed by atoms with van der Waals surface area (Å²) in [4.78, 5) is 0. The van der Waals surface area contributed by atoms with Gasteiger partial charge in [-0.3, -0.25) is 0 Å². The lowest BCUT2D eigenvalue weighted by Crippen LogP contribution is -2.25. The van der Waals surface area contributed by atoms with Gasteiger partial charge in [0.15, 0.2) is 0 Å². The second-order valence-corrected chi connectivity index (χ2v) is 4.99. The number of halogens is 1. The molecule has 3 nitrogen and oxygen atoms in total. The average Bonchev–Trinajstić information content (AvgIpc) is 2.49. The first-order chi connectivity index (χ1) is 10.1. The molecule has 0 heterocycles. The van der Waals surface area contributed by atoms with Gasteiger partial charge < -0.3 is 15.2 Å². The fourth-order valence-corrected chi connectivity index (χ4v) is 1.96. The van der Waals surface area contributed by atoms with Crippen LogP contribution < -0.4 is 5.32 Å². The summed E-state index contributed by atoms with van der Waals surface area (Å²) in [6.45, 7) is 2.91. The van der Waals surface area contributed by atoms with Crippen molar-refractivity contribution < 1.29 is 14.2 Å². The molecule has 0 saturated carbocycles. The van der Waals surface area contributed by atoms with E-state index < -0.39 is 6.10 Å². The van der Waals surface area contributed by atoms with Crippen molar-refractivity contribution in [3.63, 3.8) is 0 Å². The molecule has 21 heavy (non-hydrogen) atoms. The minimum absolute atomic E-state index is 0.232. The van der Waals surface area contributed by atoms with Crippen LogP contribution in [0.3, 0.4) is 0 Å². The third-order valence-electron chi connectivity index (χ3n) is 3.15. The SMILES string of the molecule is Cc1ccc(F)cc1NCC(O)COCc1ccccc1. The van der Waals surface area contributed by atoms with Crippen LogP contribution in [0.15, 0.2) is 48.5 Å². The number of nitrogens with one attached hydrogen (secondary N) is 1. The van der Waals surface area contributed by atoms with Gasteiger partial charge in [-0.15, -0.1) is 0 Å². The van der Waals surface area contributed by atoms with Crippen molar-refractivity contribution in [3.05, 3.63) is 65.5 Å². The maximum absolute atomic E-state index is 13.1. The molecular weight excluding hydrogens is 269 g/mol. The predicted octanol–water partition coefficient (Wildman–Crippen LogP) is 3.12. The molecule has 0 spiro atoms. The van der Waals surface area contributed by atoms with Crippen LogP contribution >= 0.6 is 0 Å². The fourth-order valence-electron chi connectivity index (χ4n) is 1.96. The average molecular weight is 289 g/mol. The lowest BCUT2D eigenvalue weighted by molar-refractivity contribution is 0.0348. The summed E-state index contributed by atoms with van der Waals surface area (Å²) in [5.74, 6) is -0.294. The van der Waals surface area contributed by atoms with Gasteiger partial charge in [0, 0.05) is 12.2 Å². The molecule has 2 rings (SSSR count). The Morgan fingerprint density at radius 3 is 2.71 bits per heavy atom. The molecule has 0 amide bonds. The van der Waals surface area contributed by atoms with E-state index in [9.17, 15) is 9.50 Å². The first-order valence-electron chi connectivity index (χ1n) is 6.95. The number of aliphatic hydroxyl groups is 1. The van der Waals surface area contributed by atoms with Gasteiger partial charge in [0.25, 0.3) is 0 Å². The molecule has 1 atom stereocenters. The smallest absolute Gasteiger partial charge is 0.125 e. The Hall–Kier alpha value is -1.91. The normalized spacial score (nSPS) is 12.1. The van der Waals surface area contributed by atoms with Crippen LogP contribution in [0.2, 0.25) is 0 Å². The Morgan fingerprint density at radius 1 is 1.19 bits per heavy atom. The van der Waals surface area contributed by atoms with Crippen LogP contribution in [-0.4, -0.2) is 24.4 Å². The Labute approximate surface area is 124 Å². The second-order valence-electron chi connectivity index (χ2n) is 4.99. The number of ether oxygens (including phenoxy) is 1. The van der Waals surface area contributed by atoms with E-state index in [0.29, 0.717) is 18.8 Å². The van der Waals surface area contributed by atoms with Crippen molar-refractivity contribution in [1.29, 1.82) is 0 Å². The van der Waals surface area contributed by atoms with E-state index in [1.54, 1.807) is 6.07 Å². The minimum Gasteiger partial charge on any atom is -0.389 e. The lowest BCUT2D eigenvalue weighted by atomic mass is 10.2. The van der Waals surface area contributed by atoms with Gasteiger partial charge in [0.2, 0.25) is 0 Å². The van der Waals surface area contributed by atoms with Crippen molar-refractivity contribution in [2.75, 3.05) is 18.5 Å². The van der Waals surface area contributed by atoms with Crippen LogP contribution in [0.1, 0.15) is 11.1 Å². The lowest BCUT2D eigenvalue weighted by Gasteiger charge is -2.14. The van der Waals surface area contributed by atoms with Crippen LogP contribution in [-0.2, 0) is 11.3 Å². The number of rotatable bonds is 7. The van der Waals surface area contributed by atoms with E-state index >= 15 is 0 Å².